The highest BCUT2D eigenvalue weighted by molar-refractivity contribution is 5.78. The number of hydrogen-bond acceptors (Lipinski definition) is 3. The molecule has 0 saturated heterocycles. The van der Waals surface area contributed by atoms with Gasteiger partial charge in [0.1, 0.15) is 5.78 Å². The molecule has 0 spiro atoms. The van der Waals surface area contributed by atoms with Gasteiger partial charge in [-0.2, -0.15) is 0 Å². The molecule has 1 atom stereocenters. The second-order valence-electron chi connectivity index (χ2n) is 18.9. The maximum absolute atomic E-state index is 12.3. The molecule has 2 N–H and O–H groups in total. The third-order valence-electron chi connectivity index (χ3n) is 12.8. The summed E-state index contributed by atoms with van der Waals surface area (Å²) in [6.45, 7) is 4.98. The van der Waals surface area contributed by atoms with Crippen LogP contribution in [0, 0.1) is 0 Å². The van der Waals surface area contributed by atoms with Gasteiger partial charge >= 0.3 is 0 Å². The third kappa shape index (κ3) is 51.1. The van der Waals surface area contributed by atoms with Crippen LogP contribution in [0.5, 0.6) is 0 Å². The Kier molecular flexibility index (Phi) is 50.2. The summed E-state index contributed by atoms with van der Waals surface area (Å²) in [5.41, 5.74) is 0. The Bertz CT molecular complexity index is 855. The van der Waals surface area contributed by atoms with Crippen molar-refractivity contribution in [1.82, 2.24) is 5.32 Å². The number of allylic oxidation sites excluding steroid dienone is 2. The van der Waals surface area contributed by atoms with Crippen molar-refractivity contribution in [2.24, 2.45) is 0 Å². The minimum Gasteiger partial charge on any atom is -0.391 e. The summed E-state index contributed by atoms with van der Waals surface area (Å²) in [7, 11) is 0. The van der Waals surface area contributed by atoms with Gasteiger partial charge in [-0.05, 0) is 51.4 Å². The lowest BCUT2D eigenvalue weighted by atomic mass is 10.0. The summed E-state index contributed by atoms with van der Waals surface area (Å²) < 4.78 is 0. The zero-order valence-electron chi connectivity index (χ0n) is 40.4. The number of ketones is 1. The fourth-order valence-corrected chi connectivity index (χ4v) is 8.60. The molecule has 0 saturated carbocycles. The summed E-state index contributed by atoms with van der Waals surface area (Å²) >= 11 is 0. The highest BCUT2D eigenvalue weighted by Gasteiger charge is 2.07. The summed E-state index contributed by atoms with van der Waals surface area (Å²) in [6.07, 6.45) is 63.9. The van der Waals surface area contributed by atoms with Crippen molar-refractivity contribution in [3.63, 3.8) is 0 Å². The van der Waals surface area contributed by atoms with Crippen LogP contribution in [0.15, 0.2) is 12.2 Å². The predicted molar refractivity (Wildman–Crippen MR) is 262 cm³/mol. The normalized spacial score (nSPS) is 12.2. The molecule has 0 aliphatic carbocycles. The van der Waals surface area contributed by atoms with Crippen LogP contribution in [-0.2, 0) is 9.59 Å². The van der Waals surface area contributed by atoms with Crippen LogP contribution in [0.2, 0.25) is 0 Å². The van der Waals surface area contributed by atoms with Crippen LogP contribution >= 0.6 is 0 Å². The van der Waals surface area contributed by atoms with Crippen LogP contribution in [0.25, 0.3) is 0 Å². The maximum atomic E-state index is 12.3. The van der Waals surface area contributed by atoms with E-state index in [-0.39, 0.29) is 5.91 Å². The fourth-order valence-electron chi connectivity index (χ4n) is 8.60. The van der Waals surface area contributed by atoms with Gasteiger partial charge in [0.25, 0.3) is 0 Å². The van der Waals surface area contributed by atoms with E-state index in [1.165, 1.54) is 244 Å². The van der Waals surface area contributed by atoms with E-state index in [9.17, 15) is 14.7 Å². The molecule has 4 heteroatoms. The molecule has 59 heavy (non-hydrogen) atoms. The Labute approximate surface area is 370 Å². The molecule has 0 aliphatic heterocycles. The lowest BCUT2D eigenvalue weighted by molar-refractivity contribution is -0.121. The molecular formula is C55H107NO3. The molecule has 350 valence electrons. The molecular weight excluding hydrogens is 723 g/mol. The number of amides is 1. The highest BCUT2D eigenvalue weighted by Crippen LogP contribution is 2.17. The molecule has 0 aliphatic rings. The molecule has 0 fully saturated rings. The summed E-state index contributed by atoms with van der Waals surface area (Å²) in [5.74, 6) is 0.597. The largest absolute Gasteiger partial charge is 0.391 e. The van der Waals surface area contributed by atoms with Crippen molar-refractivity contribution in [1.29, 1.82) is 0 Å². The molecule has 0 aromatic heterocycles. The maximum Gasteiger partial charge on any atom is 0.220 e. The van der Waals surface area contributed by atoms with Crippen LogP contribution in [0.1, 0.15) is 316 Å². The first kappa shape index (κ1) is 57.8. The lowest BCUT2D eigenvalue weighted by Crippen LogP contribution is -2.31. The number of rotatable bonds is 51. The summed E-state index contributed by atoms with van der Waals surface area (Å²) in [5, 5.41) is 13.2. The average molecular weight is 830 g/mol. The number of unbranched alkanes of at least 4 members (excludes halogenated alkanes) is 39. The van der Waals surface area contributed by atoms with Crippen LogP contribution in [0.3, 0.4) is 0 Å². The minimum atomic E-state index is -0.401. The number of carbonyl (C=O) groups is 2. The van der Waals surface area contributed by atoms with Gasteiger partial charge in [-0.1, -0.05) is 257 Å². The average Bonchev–Trinajstić information content (AvgIpc) is 3.23. The number of hydrogen-bond donors (Lipinski definition) is 2. The van der Waals surface area contributed by atoms with E-state index in [0.29, 0.717) is 18.7 Å². The number of aliphatic hydroxyl groups excluding tert-OH is 1. The number of aliphatic hydroxyl groups is 1. The van der Waals surface area contributed by atoms with Crippen molar-refractivity contribution in [2.75, 3.05) is 6.54 Å². The van der Waals surface area contributed by atoms with Gasteiger partial charge in [0.05, 0.1) is 6.10 Å². The standard InChI is InChI=1S/C55H107NO3/c1-3-5-7-9-11-13-15-17-19-20-21-22-23-25-28-32-36-40-44-48-53(57)49-45-41-37-33-29-26-27-31-35-39-43-47-51-55(59)56-52-54(58)50-46-42-38-34-30-24-18-16-14-12-10-8-6-4-2/h17,19,54,58H,3-16,18,20-52H2,1-2H3,(H,56,59)/b19-17-/t54-/m0/s1. The monoisotopic (exact) mass is 830 g/mol. The molecule has 0 aromatic carbocycles. The molecule has 0 radical (unpaired) electrons. The first-order chi connectivity index (χ1) is 29.1. The molecule has 0 heterocycles. The van der Waals surface area contributed by atoms with Gasteiger partial charge in [0.2, 0.25) is 5.91 Å². The Morgan fingerprint density at radius 2 is 0.644 bits per heavy atom. The zero-order chi connectivity index (χ0) is 42.8. The molecule has 0 unspecified atom stereocenters. The molecule has 1 amide bonds. The van der Waals surface area contributed by atoms with Crippen molar-refractivity contribution in [3.05, 3.63) is 12.2 Å². The Hall–Kier alpha value is -1.16. The second kappa shape index (κ2) is 51.2. The Morgan fingerprint density at radius 1 is 0.373 bits per heavy atom. The number of Topliss-reactive ketones (excluding diaryl/α,β-unsaturated/α-hetero) is 1. The first-order valence-corrected chi connectivity index (χ1v) is 27.2. The van der Waals surface area contributed by atoms with E-state index in [0.717, 1.165) is 51.4 Å². The number of carbonyl (C=O) groups excluding carboxylic acids is 2. The van der Waals surface area contributed by atoms with Crippen molar-refractivity contribution in [2.45, 2.75) is 322 Å². The fraction of sp³-hybridized carbons (Fsp3) is 0.927. The third-order valence-corrected chi connectivity index (χ3v) is 12.8. The van der Waals surface area contributed by atoms with Crippen LogP contribution in [-0.4, -0.2) is 29.4 Å². The van der Waals surface area contributed by atoms with Crippen LogP contribution in [0.4, 0.5) is 0 Å². The van der Waals surface area contributed by atoms with E-state index < -0.39 is 6.10 Å². The molecule has 0 bridgehead atoms. The highest BCUT2D eigenvalue weighted by atomic mass is 16.3. The molecule has 0 aromatic rings. The van der Waals surface area contributed by atoms with Gasteiger partial charge < -0.3 is 10.4 Å². The topological polar surface area (TPSA) is 66.4 Å². The second-order valence-corrected chi connectivity index (χ2v) is 18.9. The van der Waals surface area contributed by atoms with E-state index in [1.54, 1.807) is 0 Å². The molecule has 4 nitrogen and oxygen atoms in total. The van der Waals surface area contributed by atoms with Gasteiger partial charge in [-0.3, -0.25) is 9.59 Å². The Balaban J connectivity index is 3.30. The van der Waals surface area contributed by atoms with E-state index in [4.69, 9.17) is 0 Å². The van der Waals surface area contributed by atoms with E-state index in [1.807, 2.05) is 0 Å². The van der Waals surface area contributed by atoms with Crippen molar-refractivity contribution in [3.8, 4) is 0 Å². The number of nitrogens with one attached hydrogen (secondary N) is 1. The minimum absolute atomic E-state index is 0.101. The molecule has 0 rings (SSSR count). The smallest absolute Gasteiger partial charge is 0.220 e. The van der Waals surface area contributed by atoms with Crippen LogP contribution < -0.4 is 5.32 Å². The van der Waals surface area contributed by atoms with Gasteiger partial charge in [0.15, 0.2) is 0 Å². The SMILES string of the molecule is CCCCCCCC/C=C\CCCCCCCCCCCC(=O)CCCCCCCCCCCCCCC(=O)NC[C@@H](O)CCCCCCCCCCCCCCCC. The zero-order valence-corrected chi connectivity index (χ0v) is 40.4. The first-order valence-electron chi connectivity index (χ1n) is 27.2. The van der Waals surface area contributed by atoms with E-state index >= 15 is 0 Å². The summed E-state index contributed by atoms with van der Waals surface area (Å²) in [6, 6.07) is 0. The lowest BCUT2D eigenvalue weighted by Gasteiger charge is -2.12. The van der Waals surface area contributed by atoms with Gasteiger partial charge in [-0.25, -0.2) is 0 Å². The van der Waals surface area contributed by atoms with Gasteiger partial charge in [-0.15, -0.1) is 0 Å². The predicted octanol–water partition coefficient (Wildman–Crippen LogP) is 18.0. The van der Waals surface area contributed by atoms with Crippen molar-refractivity contribution < 1.29 is 14.7 Å². The van der Waals surface area contributed by atoms with Crippen molar-refractivity contribution >= 4 is 11.7 Å². The summed E-state index contributed by atoms with van der Waals surface area (Å²) in [4.78, 5) is 24.5. The Morgan fingerprint density at radius 3 is 0.983 bits per heavy atom. The van der Waals surface area contributed by atoms with Gasteiger partial charge in [0, 0.05) is 25.8 Å². The quantitative estimate of drug-likeness (QED) is 0.0474. The van der Waals surface area contributed by atoms with E-state index in [2.05, 4.69) is 31.3 Å².